The van der Waals surface area contributed by atoms with Crippen LogP contribution >= 0.6 is 0 Å². The monoisotopic (exact) mass is 467 g/mol. The highest BCUT2D eigenvalue weighted by Gasteiger charge is 2.71. The number of nitrogens with one attached hydrogen (secondary N) is 1. The molecular weight excluding hydrogens is 448 g/mol. The van der Waals surface area contributed by atoms with Crippen molar-refractivity contribution in [1.29, 1.82) is 0 Å². The van der Waals surface area contributed by atoms with E-state index in [1.807, 2.05) is 0 Å². The van der Waals surface area contributed by atoms with Crippen molar-refractivity contribution >= 4 is 16.1 Å². The lowest BCUT2D eigenvalue weighted by molar-refractivity contribution is -0.300. The van der Waals surface area contributed by atoms with Crippen molar-refractivity contribution in [2.75, 3.05) is 7.11 Å². The van der Waals surface area contributed by atoms with E-state index in [4.69, 9.17) is 4.74 Å². The summed E-state index contributed by atoms with van der Waals surface area (Å²) in [5.41, 5.74) is -3.83. The molecule has 0 aliphatic rings. The molecule has 4 nitrogen and oxygen atoms in total. The summed E-state index contributed by atoms with van der Waals surface area (Å²) in [4.78, 5) is -0.713. The smallest absolute Gasteiger partial charge is 0.416 e. The maximum Gasteiger partial charge on any atom is 0.416 e. The molecule has 0 unspecified atom stereocenters. The van der Waals surface area contributed by atoms with E-state index < -0.39 is 39.2 Å². The zero-order chi connectivity index (χ0) is 23.5. The first-order valence-electron chi connectivity index (χ1n) is 8.76. The summed E-state index contributed by atoms with van der Waals surface area (Å²) in [7, 11) is -3.75. The van der Waals surface area contributed by atoms with Crippen LogP contribution in [0.4, 0.5) is 26.3 Å². The second-order valence-corrected chi connectivity index (χ2v) is 8.38. The highest BCUT2D eigenvalue weighted by molar-refractivity contribution is 7.89. The molecule has 1 N–H and O–H groups in total. The molecule has 31 heavy (non-hydrogen) atoms. The van der Waals surface area contributed by atoms with Crippen molar-refractivity contribution in [3.63, 3.8) is 0 Å². The summed E-state index contributed by atoms with van der Waals surface area (Å²) >= 11 is 0. The summed E-state index contributed by atoms with van der Waals surface area (Å²) in [6.45, 7) is 1.59. The lowest BCUT2D eigenvalue weighted by Crippen LogP contribution is -2.67. The van der Waals surface area contributed by atoms with Gasteiger partial charge in [-0.05, 0) is 36.8 Å². The van der Waals surface area contributed by atoms with Crippen LogP contribution in [-0.2, 0) is 10.0 Å². The third-order valence-electron chi connectivity index (χ3n) is 4.46. The molecule has 0 aromatic heterocycles. The number of alkyl halides is 6. The van der Waals surface area contributed by atoms with Crippen molar-refractivity contribution in [1.82, 2.24) is 4.72 Å². The highest BCUT2D eigenvalue weighted by Crippen LogP contribution is 2.46. The molecule has 0 spiro atoms. The Morgan fingerprint density at radius 3 is 1.87 bits per heavy atom. The SMILES string of the molecule is COc1ccc(/C=C/CC(NS(=O)(=O)c2ccc(C)cc2)(C(F)(F)F)C(F)(F)F)cc1. The van der Waals surface area contributed by atoms with Crippen LogP contribution < -0.4 is 9.46 Å². The Hall–Kier alpha value is -2.53. The molecule has 0 aliphatic carbocycles. The first-order valence-corrected chi connectivity index (χ1v) is 10.2. The van der Waals surface area contributed by atoms with Crippen molar-refractivity contribution in [2.24, 2.45) is 0 Å². The molecular formula is C20H19F6NO3S. The molecule has 2 aromatic rings. The molecule has 0 heterocycles. The molecule has 0 saturated heterocycles. The third kappa shape index (κ3) is 5.59. The van der Waals surface area contributed by atoms with E-state index in [1.165, 1.54) is 43.5 Å². The van der Waals surface area contributed by atoms with Gasteiger partial charge in [-0.15, -0.1) is 0 Å². The summed E-state index contributed by atoms with van der Waals surface area (Å²) in [6.07, 6.45) is -12.0. The van der Waals surface area contributed by atoms with E-state index in [1.54, 1.807) is 6.92 Å². The van der Waals surface area contributed by atoms with E-state index in [-0.39, 0.29) is 0 Å². The minimum Gasteiger partial charge on any atom is -0.497 e. The second kappa shape index (κ2) is 8.91. The van der Waals surface area contributed by atoms with Gasteiger partial charge in [-0.3, -0.25) is 0 Å². The third-order valence-corrected chi connectivity index (χ3v) is 5.97. The molecule has 0 fully saturated rings. The van der Waals surface area contributed by atoms with E-state index in [0.29, 0.717) is 23.0 Å². The van der Waals surface area contributed by atoms with Crippen molar-refractivity contribution in [3.05, 3.63) is 65.7 Å². The van der Waals surface area contributed by atoms with Crippen molar-refractivity contribution in [3.8, 4) is 5.75 Å². The van der Waals surface area contributed by atoms with Crippen LogP contribution in [0.3, 0.4) is 0 Å². The average Bonchev–Trinajstić information content (AvgIpc) is 2.66. The van der Waals surface area contributed by atoms with E-state index in [0.717, 1.165) is 22.9 Å². The van der Waals surface area contributed by atoms with Gasteiger partial charge in [-0.25, -0.2) is 8.42 Å². The molecule has 0 aliphatic heterocycles. The van der Waals surface area contributed by atoms with Gasteiger partial charge in [0.05, 0.1) is 12.0 Å². The minimum atomic E-state index is -5.97. The lowest BCUT2D eigenvalue weighted by atomic mass is 9.94. The standard InChI is InChI=1S/C20H19F6NO3S/c1-14-5-11-17(12-6-14)31(28,29)27-18(19(21,22)23,20(24,25)26)13-3-4-15-7-9-16(30-2)10-8-15/h3-12,27H,13H2,1-2H3/b4-3+. The van der Waals surface area contributed by atoms with Gasteiger partial charge in [0.2, 0.25) is 15.6 Å². The van der Waals surface area contributed by atoms with Gasteiger partial charge in [0.15, 0.2) is 0 Å². The van der Waals surface area contributed by atoms with Gasteiger partial charge < -0.3 is 4.74 Å². The number of aryl methyl sites for hydroxylation is 1. The fourth-order valence-corrected chi connectivity index (χ4v) is 4.03. The van der Waals surface area contributed by atoms with Crippen LogP contribution in [0.1, 0.15) is 17.5 Å². The number of halogens is 6. The molecule has 0 amide bonds. The Bertz CT molecular complexity index is 997. The van der Waals surface area contributed by atoms with Crippen LogP contribution in [-0.4, -0.2) is 33.4 Å². The second-order valence-electron chi connectivity index (χ2n) is 6.70. The molecule has 0 atom stereocenters. The predicted octanol–water partition coefficient (Wildman–Crippen LogP) is 5.25. The number of rotatable bonds is 7. The average molecular weight is 467 g/mol. The Balaban J connectivity index is 2.45. The summed E-state index contributed by atoms with van der Waals surface area (Å²) in [5, 5.41) is 0. The number of benzene rings is 2. The van der Waals surface area contributed by atoms with Gasteiger partial charge >= 0.3 is 12.4 Å². The number of hydrogen-bond acceptors (Lipinski definition) is 3. The summed E-state index contributed by atoms with van der Waals surface area (Å²) in [5.74, 6) is 0.447. The Morgan fingerprint density at radius 1 is 0.903 bits per heavy atom. The van der Waals surface area contributed by atoms with Crippen molar-refractivity contribution in [2.45, 2.75) is 36.1 Å². The van der Waals surface area contributed by atoms with Crippen LogP contribution in [0.25, 0.3) is 6.08 Å². The molecule has 170 valence electrons. The number of methoxy groups -OCH3 is 1. The largest absolute Gasteiger partial charge is 0.497 e. The van der Waals surface area contributed by atoms with Crippen molar-refractivity contribution < 1.29 is 39.5 Å². The van der Waals surface area contributed by atoms with Gasteiger partial charge in [-0.1, -0.05) is 42.0 Å². The fourth-order valence-electron chi connectivity index (χ4n) is 2.64. The zero-order valence-electron chi connectivity index (χ0n) is 16.4. The van der Waals surface area contributed by atoms with Gasteiger partial charge in [0.1, 0.15) is 5.75 Å². The Morgan fingerprint density at radius 2 is 1.42 bits per heavy atom. The zero-order valence-corrected chi connectivity index (χ0v) is 17.2. The Kier molecular flexibility index (Phi) is 7.11. The number of ether oxygens (including phenoxy) is 1. The number of sulfonamides is 1. The van der Waals surface area contributed by atoms with Crippen LogP contribution in [0.5, 0.6) is 5.75 Å². The van der Waals surface area contributed by atoms with Gasteiger partial charge in [0.25, 0.3) is 0 Å². The van der Waals surface area contributed by atoms with Crippen LogP contribution in [0, 0.1) is 6.92 Å². The minimum absolute atomic E-state index is 0.306. The maximum absolute atomic E-state index is 13.7. The molecule has 0 radical (unpaired) electrons. The normalized spacial score (nSPS) is 13.5. The van der Waals surface area contributed by atoms with Gasteiger partial charge in [-0.2, -0.15) is 31.1 Å². The predicted molar refractivity (Wildman–Crippen MR) is 103 cm³/mol. The Labute approximate surface area is 175 Å². The first-order chi connectivity index (χ1) is 14.2. The van der Waals surface area contributed by atoms with Gasteiger partial charge in [0, 0.05) is 6.42 Å². The molecule has 11 heteroatoms. The molecule has 2 aromatic carbocycles. The highest BCUT2D eigenvalue weighted by atomic mass is 32.2. The number of hydrogen-bond donors (Lipinski definition) is 1. The van der Waals surface area contributed by atoms with E-state index >= 15 is 0 Å². The topological polar surface area (TPSA) is 55.4 Å². The summed E-state index contributed by atoms with van der Waals surface area (Å²) in [6, 6.07) is 10.2. The maximum atomic E-state index is 13.7. The van der Waals surface area contributed by atoms with Crippen LogP contribution in [0.15, 0.2) is 59.5 Å². The van der Waals surface area contributed by atoms with E-state index in [9.17, 15) is 34.8 Å². The lowest BCUT2D eigenvalue weighted by Gasteiger charge is -2.36. The first kappa shape index (κ1) is 24.7. The van der Waals surface area contributed by atoms with E-state index in [2.05, 4.69) is 0 Å². The quantitative estimate of drug-likeness (QED) is 0.566. The molecule has 2 rings (SSSR count). The molecule has 0 saturated carbocycles. The summed E-state index contributed by atoms with van der Waals surface area (Å²) < 4.78 is 113. The fraction of sp³-hybridized carbons (Fsp3) is 0.300. The van der Waals surface area contributed by atoms with Crippen LogP contribution in [0.2, 0.25) is 0 Å². The molecule has 0 bridgehead atoms.